The van der Waals surface area contributed by atoms with Gasteiger partial charge in [0.25, 0.3) is 5.91 Å². The van der Waals surface area contributed by atoms with Gasteiger partial charge in [-0.3, -0.25) is 9.59 Å². The van der Waals surface area contributed by atoms with Gasteiger partial charge in [0, 0.05) is 25.6 Å². The number of furan rings is 1. The maximum atomic E-state index is 12.9. The number of nitrogens with one attached hydrogen (secondary N) is 1. The minimum absolute atomic E-state index is 0.00863. The summed E-state index contributed by atoms with van der Waals surface area (Å²) in [6.07, 6.45) is 3.91. The first-order valence-corrected chi connectivity index (χ1v) is 9.29. The zero-order valence-corrected chi connectivity index (χ0v) is 15.0. The summed E-state index contributed by atoms with van der Waals surface area (Å²) in [6.45, 7) is 3.77. The Kier molecular flexibility index (Phi) is 4.53. The zero-order chi connectivity index (χ0) is 18.1. The fourth-order valence-electron chi connectivity index (χ4n) is 3.81. The van der Waals surface area contributed by atoms with E-state index in [1.165, 1.54) is 19.1 Å². The Morgan fingerprint density at radius 2 is 1.96 bits per heavy atom. The Morgan fingerprint density at radius 3 is 2.65 bits per heavy atom. The summed E-state index contributed by atoms with van der Waals surface area (Å²) in [5.74, 6) is 0.653. The third-order valence-electron chi connectivity index (χ3n) is 5.53. The quantitative estimate of drug-likeness (QED) is 0.900. The second-order valence-electron chi connectivity index (χ2n) is 7.45. The number of rotatable bonds is 5. The van der Waals surface area contributed by atoms with Crippen molar-refractivity contribution in [2.24, 2.45) is 11.8 Å². The van der Waals surface area contributed by atoms with Gasteiger partial charge < -0.3 is 14.6 Å². The predicted molar refractivity (Wildman–Crippen MR) is 97.8 cm³/mol. The predicted octanol–water partition coefficient (Wildman–Crippen LogP) is 2.97. The van der Waals surface area contributed by atoms with Gasteiger partial charge in [-0.1, -0.05) is 24.3 Å². The Hall–Kier alpha value is -2.56. The highest BCUT2D eigenvalue weighted by Gasteiger charge is 2.41. The molecule has 0 unspecified atom stereocenters. The van der Waals surface area contributed by atoms with Crippen molar-refractivity contribution >= 4 is 11.8 Å². The molecule has 1 saturated carbocycles. The lowest BCUT2D eigenvalue weighted by atomic mass is 9.86. The average molecular weight is 352 g/mol. The van der Waals surface area contributed by atoms with E-state index in [2.05, 4.69) is 24.4 Å². The van der Waals surface area contributed by atoms with Crippen LogP contribution < -0.4 is 5.32 Å². The van der Waals surface area contributed by atoms with Crippen LogP contribution in [-0.2, 0) is 4.79 Å². The van der Waals surface area contributed by atoms with Crippen LogP contribution >= 0.6 is 0 Å². The monoisotopic (exact) mass is 352 g/mol. The molecular formula is C21H24N2O3. The number of carbonyl (C=O) groups excluding carboxylic acids is 2. The summed E-state index contributed by atoms with van der Waals surface area (Å²) in [4.78, 5) is 27.3. The Labute approximate surface area is 153 Å². The van der Waals surface area contributed by atoms with Crippen molar-refractivity contribution in [2.45, 2.75) is 25.7 Å². The van der Waals surface area contributed by atoms with Crippen molar-refractivity contribution in [2.75, 3.05) is 19.6 Å². The lowest BCUT2D eigenvalue weighted by Gasteiger charge is -2.19. The number of benzene rings is 1. The van der Waals surface area contributed by atoms with Crippen LogP contribution in [0.4, 0.5) is 0 Å². The number of nitrogens with zero attached hydrogens (tertiary/aromatic N) is 1. The van der Waals surface area contributed by atoms with Gasteiger partial charge in [-0.25, -0.2) is 0 Å². The molecule has 26 heavy (non-hydrogen) atoms. The van der Waals surface area contributed by atoms with Gasteiger partial charge in [0.05, 0.1) is 12.2 Å². The summed E-state index contributed by atoms with van der Waals surface area (Å²) in [5.41, 5.74) is 2.30. The molecule has 1 aromatic carbocycles. The van der Waals surface area contributed by atoms with Gasteiger partial charge in [-0.2, -0.15) is 0 Å². The van der Waals surface area contributed by atoms with Gasteiger partial charge in [0.1, 0.15) is 0 Å². The third-order valence-corrected chi connectivity index (χ3v) is 5.53. The minimum Gasteiger partial charge on any atom is -0.459 e. The molecule has 136 valence electrons. The van der Waals surface area contributed by atoms with E-state index >= 15 is 0 Å². The first kappa shape index (κ1) is 16.9. The number of amides is 2. The lowest BCUT2D eigenvalue weighted by Crippen LogP contribution is -2.36. The highest BCUT2D eigenvalue weighted by Crippen LogP contribution is 2.36. The second-order valence-corrected chi connectivity index (χ2v) is 7.45. The lowest BCUT2D eigenvalue weighted by molar-refractivity contribution is -0.125. The van der Waals surface area contributed by atoms with Crippen molar-refractivity contribution in [3.8, 4) is 0 Å². The highest BCUT2D eigenvalue weighted by atomic mass is 16.3. The number of carbonyl (C=O) groups is 2. The normalized spacial score (nSPS) is 22.4. The molecular weight excluding hydrogens is 328 g/mol. The van der Waals surface area contributed by atoms with E-state index < -0.39 is 0 Å². The molecule has 1 aromatic heterocycles. The largest absolute Gasteiger partial charge is 0.459 e. The molecule has 2 atom stereocenters. The number of hydrogen-bond donors (Lipinski definition) is 1. The van der Waals surface area contributed by atoms with Gasteiger partial charge >= 0.3 is 0 Å². The van der Waals surface area contributed by atoms with Gasteiger partial charge in [0.2, 0.25) is 5.91 Å². The van der Waals surface area contributed by atoms with Crippen molar-refractivity contribution < 1.29 is 14.0 Å². The van der Waals surface area contributed by atoms with E-state index in [1.54, 1.807) is 17.0 Å². The molecule has 2 heterocycles. The fourth-order valence-corrected chi connectivity index (χ4v) is 3.81. The molecule has 1 aliphatic carbocycles. The SMILES string of the molecule is Cc1ccccc1[C@H]1CN(C(=O)c2ccco2)C[C@H]1C(=O)NCC1CC1. The van der Waals surface area contributed by atoms with E-state index in [0.29, 0.717) is 24.8 Å². The van der Waals surface area contributed by atoms with Gasteiger partial charge in [0.15, 0.2) is 5.76 Å². The molecule has 1 aliphatic heterocycles. The summed E-state index contributed by atoms with van der Waals surface area (Å²) >= 11 is 0. The molecule has 2 fully saturated rings. The van der Waals surface area contributed by atoms with Crippen molar-refractivity contribution in [1.82, 2.24) is 10.2 Å². The molecule has 4 rings (SSSR count). The topological polar surface area (TPSA) is 62.6 Å². The van der Waals surface area contributed by atoms with E-state index in [-0.39, 0.29) is 23.7 Å². The van der Waals surface area contributed by atoms with Crippen molar-refractivity contribution in [3.05, 3.63) is 59.5 Å². The van der Waals surface area contributed by atoms with Crippen molar-refractivity contribution in [1.29, 1.82) is 0 Å². The zero-order valence-electron chi connectivity index (χ0n) is 15.0. The summed E-state index contributed by atoms with van der Waals surface area (Å²) in [5, 5.41) is 3.10. The van der Waals surface area contributed by atoms with Crippen LogP contribution in [0.25, 0.3) is 0 Å². The van der Waals surface area contributed by atoms with E-state index in [1.807, 2.05) is 12.1 Å². The van der Waals surface area contributed by atoms with E-state index in [9.17, 15) is 9.59 Å². The van der Waals surface area contributed by atoms with Crippen LogP contribution in [0.5, 0.6) is 0 Å². The summed E-state index contributed by atoms with van der Waals surface area (Å²) in [7, 11) is 0. The maximum Gasteiger partial charge on any atom is 0.289 e. The van der Waals surface area contributed by atoms with Crippen LogP contribution in [0.2, 0.25) is 0 Å². The first-order valence-electron chi connectivity index (χ1n) is 9.29. The van der Waals surface area contributed by atoms with Crippen LogP contribution in [-0.4, -0.2) is 36.3 Å². The molecule has 1 N–H and O–H groups in total. The van der Waals surface area contributed by atoms with Crippen LogP contribution in [0.1, 0.15) is 40.4 Å². The first-order chi connectivity index (χ1) is 12.6. The second kappa shape index (κ2) is 6.98. The smallest absolute Gasteiger partial charge is 0.289 e. The molecule has 0 bridgehead atoms. The van der Waals surface area contributed by atoms with E-state index in [0.717, 1.165) is 17.7 Å². The highest BCUT2D eigenvalue weighted by molar-refractivity contribution is 5.92. The Morgan fingerprint density at radius 1 is 1.15 bits per heavy atom. The Bertz CT molecular complexity index is 795. The molecule has 5 heteroatoms. The molecule has 0 radical (unpaired) electrons. The minimum atomic E-state index is -0.228. The van der Waals surface area contributed by atoms with Crippen LogP contribution in [0.3, 0.4) is 0 Å². The van der Waals surface area contributed by atoms with Crippen molar-refractivity contribution in [3.63, 3.8) is 0 Å². The molecule has 5 nitrogen and oxygen atoms in total. The molecule has 0 spiro atoms. The standard InChI is InChI=1S/C21H24N2O3/c1-14-5-2-3-6-16(14)17-12-23(21(25)19-7-4-10-26-19)13-18(17)20(24)22-11-15-8-9-15/h2-7,10,15,17-18H,8-9,11-13H2,1H3,(H,22,24)/t17-,18-/m1/s1. The maximum absolute atomic E-state index is 12.9. The number of aryl methyl sites for hydroxylation is 1. The van der Waals surface area contributed by atoms with Gasteiger partial charge in [-0.05, 0) is 48.9 Å². The average Bonchev–Trinajstić information content (AvgIpc) is 3.13. The van der Waals surface area contributed by atoms with Gasteiger partial charge in [-0.15, -0.1) is 0 Å². The molecule has 2 aliphatic rings. The van der Waals surface area contributed by atoms with Crippen LogP contribution in [0, 0.1) is 18.8 Å². The fraction of sp³-hybridized carbons (Fsp3) is 0.429. The molecule has 1 saturated heterocycles. The summed E-state index contributed by atoms with van der Waals surface area (Å²) < 4.78 is 5.26. The molecule has 2 amide bonds. The number of hydrogen-bond acceptors (Lipinski definition) is 3. The van der Waals surface area contributed by atoms with E-state index in [4.69, 9.17) is 4.42 Å². The third kappa shape index (κ3) is 3.39. The van der Waals surface area contributed by atoms with Crippen LogP contribution in [0.15, 0.2) is 47.1 Å². The Balaban J connectivity index is 1.56. The number of likely N-dealkylation sites (tertiary alicyclic amines) is 1. The molecule has 2 aromatic rings. The summed E-state index contributed by atoms with van der Waals surface area (Å²) in [6, 6.07) is 11.5.